The molecule has 3 aromatic rings. The second kappa shape index (κ2) is 8.53. The number of nitrogens with zero attached hydrogens (tertiary/aromatic N) is 4. The van der Waals surface area contributed by atoms with Crippen molar-refractivity contribution in [3.63, 3.8) is 0 Å². The number of sulfonamides is 1. The Labute approximate surface area is 179 Å². The Morgan fingerprint density at radius 2 is 1.68 bits per heavy atom. The summed E-state index contributed by atoms with van der Waals surface area (Å²) in [6.07, 6.45) is 2.81. The standard InChI is InChI=1S/C20H21N5O5S/c1-13-11-25(12-14(2)29-13)31(27,28)17-5-3-15(4-6-17)18(26)22-20-24-23-19(30-20)16-7-9-21-10-8-16/h3-10,13-14H,11-12H2,1-2H3,(H,22,24,26). The molecule has 1 aliphatic rings. The van der Waals surface area contributed by atoms with Crippen molar-refractivity contribution in [1.29, 1.82) is 0 Å². The van der Waals surface area contributed by atoms with Crippen LogP contribution < -0.4 is 5.32 Å². The number of carbonyl (C=O) groups excluding carboxylic acids is 1. The molecule has 31 heavy (non-hydrogen) atoms. The first-order valence-corrected chi connectivity index (χ1v) is 11.1. The molecule has 1 saturated heterocycles. The van der Waals surface area contributed by atoms with Gasteiger partial charge in [0.15, 0.2) is 0 Å². The largest absolute Gasteiger partial charge is 0.403 e. The molecule has 2 unspecified atom stereocenters. The minimum Gasteiger partial charge on any atom is -0.403 e. The van der Waals surface area contributed by atoms with Crippen LogP contribution >= 0.6 is 0 Å². The molecule has 3 heterocycles. The van der Waals surface area contributed by atoms with Gasteiger partial charge < -0.3 is 9.15 Å². The summed E-state index contributed by atoms with van der Waals surface area (Å²) in [4.78, 5) is 16.5. The number of carbonyl (C=O) groups is 1. The van der Waals surface area contributed by atoms with Gasteiger partial charge in [-0.05, 0) is 50.2 Å². The smallest absolute Gasteiger partial charge is 0.322 e. The number of hydrogen-bond donors (Lipinski definition) is 1. The van der Waals surface area contributed by atoms with E-state index in [0.29, 0.717) is 5.56 Å². The fraction of sp³-hybridized carbons (Fsp3) is 0.300. The van der Waals surface area contributed by atoms with Crippen LogP contribution in [0.2, 0.25) is 0 Å². The molecule has 2 aromatic heterocycles. The van der Waals surface area contributed by atoms with Gasteiger partial charge in [-0.3, -0.25) is 15.1 Å². The summed E-state index contributed by atoms with van der Waals surface area (Å²) in [6.45, 7) is 4.24. The monoisotopic (exact) mass is 443 g/mol. The summed E-state index contributed by atoms with van der Waals surface area (Å²) in [7, 11) is -3.68. The fourth-order valence-electron chi connectivity index (χ4n) is 3.31. The van der Waals surface area contributed by atoms with Crippen LogP contribution in [0.1, 0.15) is 24.2 Å². The number of anilines is 1. The molecule has 1 amide bonds. The van der Waals surface area contributed by atoms with E-state index in [0.717, 1.165) is 0 Å². The maximum atomic E-state index is 12.9. The van der Waals surface area contributed by atoms with E-state index in [4.69, 9.17) is 9.15 Å². The van der Waals surface area contributed by atoms with Crippen molar-refractivity contribution in [2.75, 3.05) is 18.4 Å². The van der Waals surface area contributed by atoms with Crippen LogP contribution in [0.5, 0.6) is 0 Å². The van der Waals surface area contributed by atoms with Crippen LogP contribution in [0.3, 0.4) is 0 Å². The maximum absolute atomic E-state index is 12.9. The number of ether oxygens (including phenoxy) is 1. The minimum absolute atomic E-state index is 0.0650. The topological polar surface area (TPSA) is 128 Å². The molecule has 4 rings (SSSR count). The zero-order valence-corrected chi connectivity index (χ0v) is 17.7. The lowest BCUT2D eigenvalue weighted by atomic mass is 10.2. The van der Waals surface area contributed by atoms with Crippen LogP contribution in [0.4, 0.5) is 6.01 Å². The Morgan fingerprint density at radius 1 is 1.03 bits per heavy atom. The number of morpholine rings is 1. The number of rotatable bonds is 5. The molecule has 0 bridgehead atoms. The number of amides is 1. The van der Waals surface area contributed by atoms with Gasteiger partial charge in [-0.15, -0.1) is 5.10 Å². The van der Waals surface area contributed by atoms with Gasteiger partial charge in [-0.1, -0.05) is 5.10 Å². The van der Waals surface area contributed by atoms with Gasteiger partial charge >= 0.3 is 6.01 Å². The van der Waals surface area contributed by atoms with Crippen molar-refractivity contribution < 1.29 is 22.4 Å². The van der Waals surface area contributed by atoms with E-state index in [1.165, 1.54) is 28.6 Å². The zero-order valence-electron chi connectivity index (χ0n) is 16.9. The third-order valence-electron chi connectivity index (χ3n) is 4.71. The summed E-state index contributed by atoms with van der Waals surface area (Å²) in [5.41, 5.74) is 0.927. The van der Waals surface area contributed by atoms with Crippen molar-refractivity contribution in [3.8, 4) is 11.5 Å². The summed E-state index contributed by atoms with van der Waals surface area (Å²) in [6, 6.07) is 9.04. The molecule has 1 aliphatic heterocycles. The van der Waals surface area contributed by atoms with Crippen molar-refractivity contribution in [2.45, 2.75) is 31.0 Å². The van der Waals surface area contributed by atoms with E-state index < -0.39 is 15.9 Å². The predicted octanol–water partition coefficient (Wildman–Crippen LogP) is 2.18. The van der Waals surface area contributed by atoms with E-state index in [1.54, 1.807) is 24.5 Å². The lowest BCUT2D eigenvalue weighted by Crippen LogP contribution is -2.48. The quantitative estimate of drug-likeness (QED) is 0.636. The molecule has 0 radical (unpaired) electrons. The van der Waals surface area contributed by atoms with E-state index >= 15 is 0 Å². The van der Waals surface area contributed by atoms with E-state index in [9.17, 15) is 13.2 Å². The first-order chi connectivity index (χ1) is 14.8. The highest BCUT2D eigenvalue weighted by atomic mass is 32.2. The SMILES string of the molecule is CC1CN(S(=O)(=O)c2ccc(C(=O)Nc3nnc(-c4ccncc4)o3)cc2)CC(C)O1. The van der Waals surface area contributed by atoms with Crippen molar-refractivity contribution in [3.05, 3.63) is 54.4 Å². The van der Waals surface area contributed by atoms with E-state index in [-0.39, 0.29) is 47.7 Å². The molecular formula is C20H21N5O5S. The minimum atomic E-state index is -3.68. The van der Waals surface area contributed by atoms with Crippen LogP contribution in [-0.4, -0.2) is 59.1 Å². The fourth-order valence-corrected chi connectivity index (χ4v) is 4.90. The molecule has 0 spiro atoms. The highest BCUT2D eigenvalue weighted by molar-refractivity contribution is 7.89. The molecule has 0 aliphatic carbocycles. The zero-order chi connectivity index (χ0) is 22.0. The average molecular weight is 443 g/mol. The van der Waals surface area contributed by atoms with Crippen molar-refractivity contribution in [1.82, 2.24) is 19.5 Å². The molecule has 1 aromatic carbocycles. The van der Waals surface area contributed by atoms with Gasteiger partial charge in [-0.25, -0.2) is 8.42 Å². The molecule has 11 heteroatoms. The third kappa shape index (κ3) is 4.63. The Kier molecular flexibility index (Phi) is 5.81. The Balaban J connectivity index is 1.45. The highest BCUT2D eigenvalue weighted by Crippen LogP contribution is 2.22. The normalized spacial score (nSPS) is 19.8. The Hall–Kier alpha value is -3.15. The molecule has 0 saturated carbocycles. The number of pyridine rings is 1. The number of aromatic nitrogens is 3. The van der Waals surface area contributed by atoms with Gasteiger partial charge in [0.05, 0.1) is 17.1 Å². The Bertz CT molecular complexity index is 1150. The van der Waals surface area contributed by atoms with Gasteiger partial charge in [0.1, 0.15) is 0 Å². The van der Waals surface area contributed by atoms with E-state index in [2.05, 4.69) is 20.5 Å². The van der Waals surface area contributed by atoms with Crippen LogP contribution in [0.25, 0.3) is 11.5 Å². The molecule has 1 fully saturated rings. The second-order valence-corrected chi connectivity index (χ2v) is 9.14. The highest BCUT2D eigenvalue weighted by Gasteiger charge is 2.32. The van der Waals surface area contributed by atoms with Crippen LogP contribution in [-0.2, 0) is 14.8 Å². The second-order valence-electron chi connectivity index (χ2n) is 7.21. The summed E-state index contributed by atoms with van der Waals surface area (Å²) in [5.74, 6) is -0.254. The van der Waals surface area contributed by atoms with Crippen LogP contribution in [0.15, 0.2) is 58.1 Å². The predicted molar refractivity (Wildman–Crippen MR) is 111 cm³/mol. The maximum Gasteiger partial charge on any atom is 0.322 e. The van der Waals surface area contributed by atoms with Gasteiger partial charge in [-0.2, -0.15) is 4.31 Å². The van der Waals surface area contributed by atoms with Crippen molar-refractivity contribution >= 4 is 21.9 Å². The Morgan fingerprint density at radius 3 is 2.32 bits per heavy atom. The van der Waals surface area contributed by atoms with Crippen molar-refractivity contribution in [2.24, 2.45) is 0 Å². The molecular weight excluding hydrogens is 422 g/mol. The van der Waals surface area contributed by atoms with E-state index in [1.807, 2.05) is 13.8 Å². The number of hydrogen-bond acceptors (Lipinski definition) is 8. The van der Waals surface area contributed by atoms with Gasteiger partial charge in [0.25, 0.3) is 5.91 Å². The third-order valence-corrected chi connectivity index (χ3v) is 6.56. The average Bonchev–Trinajstić information content (AvgIpc) is 3.22. The molecule has 162 valence electrons. The van der Waals surface area contributed by atoms with Crippen LogP contribution in [0, 0.1) is 0 Å². The van der Waals surface area contributed by atoms with Gasteiger partial charge in [0, 0.05) is 36.6 Å². The molecule has 10 nitrogen and oxygen atoms in total. The lowest BCUT2D eigenvalue weighted by Gasteiger charge is -2.34. The molecule has 1 N–H and O–H groups in total. The lowest BCUT2D eigenvalue weighted by molar-refractivity contribution is -0.0440. The van der Waals surface area contributed by atoms with Gasteiger partial charge in [0.2, 0.25) is 15.9 Å². The first kappa shape index (κ1) is 21.1. The summed E-state index contributed by atoms with van der Waals surface area (Å²) < 4.78 is 38.3. The molecule has 2 atom stereocenters. The number of nitrogens with one attached hydrogen (secondary N) is 1. The first-order valence-electron chi connectivity index (χ1n) is 9.64. The number of benzene rings is 1. The summed E-state index contributed by atoms with van der Waals surface area (Å²) >= 11 is 0. The summed E-state index contributed by atoms with van der Waals surface area (Å²) in [5, 5.41) is 10.2.